The molecular weight excluding hydrogens is 793 g/mol. The summed E-state index contributed by atoms with van der Waals surface area (Å²) in [6, 6.07) is 6.36. The van der Waals surface area contributed by atoms with Gasteiger partial charge in [0.1, 0.15) is 17.4 Å². The third kappa shape index (κ3) is 8.74. The number of pyridine rings is 1. The van der Waals surface area contributed by atoms with E-state index in [1.54, 1.807) is 20.8 Å². The molecule has 0 atom stereocenters. The summed E-state index contributed by atoms with van der Waals surface area (Å²) in [5, 5.41) is 28.3. The van der Waals surface area contributed by atoms with Crippen LogP contribution in [0.1, 0.15) is 60.3 Å². The number of ether oxygens (including phenoxy) is 1. The van der Waals surface area contributed by atoms with E-state index in [1.165, 1.54) is 39.9 Å². The lowest BCUT2D eigenvalue weighted by molar-refractivity contribution is -0.385. The van der Waals surface area contributed by atoms with Gasteiger partial charge in [0.2, 0.25) is 0 Å². The zero-order valence-electron chi connectivity index (χ0n) is 31.6. The normalized spacial score (nSPS) is 15.9. The number of imidazole rings is 1. The van der Waals surface area contributed by atoms with E-state index in [1.807, 2.05) is 0 Å². The molecular formula is C36H38ClF3N10O8. The van der Waals surface area contributed by atoms with Crippen LogP contribution < -0.4 is 5.32 Å². The third-order valence-electron chi connectivity index (χ3n) is 9.58. The van der Waals surface area contributed by atoms with Crippen LogP contribution in [0.15, 0.2) is 48.9 Å². The van der Waals surface area contributed by atoms with Gasteiger partial charge in [-0.05, 0) is 45.0 Å². The fourth-order valence-corrected chi connectivity index (χ4v) is 6.77. The number of aliphatic hydroxyl groups is 1. The smallest absolute Gasteiger partial charge is 0.435 e. The van der Waals surface area contributed by atoms with Gasteiger partial charge in [-0.15, -0.1) is 0 Å². The minimum absolute atomic E-state index is 0.00465. The fourth-order valence-electron chi connectivity index (χ4n) is 6.51. The van der Waals surface area contributed by atoms with Crippen molar-refractivity contribution in [2.45, 2.75) is 51.0 Å². The monoisotopic (exact) mass is 830 g/mol. The van der Waals surface area contributed by atoms with Gasteiger partial charge >= 0.3 is 12.3 Å². The van der Waals surface area contributed by atoms with Crippen molar-refractivity contribution < 1.29 is 47.1 Å². The topological polar surface area (TPSA) is 211 Å². The Morgan fingerprint density at radius 2 is 1.60 bits per heavy atom. The van der Waals surface area contributed by atoms with Gasteiger partial charge in [-0.2, -0.15) is 18.3 Å². The molecule has 22 heteroatoms. The number of anilines is 1. The van der Waals surface area contributed by atoms with Crippen molar-refractivity contribution in [3.05, 3.63) is 81.1 Å². The predicted molar refractivity (Wildman–Crippen MR) is 199 cm³/mol. The summed E-state index contributed by atoms with van der Waals surface area (Å²) in [6.45, 7) is 6.16. The number of halogens is 4. The molecule has 2 saturated heterocycles. The SMILES string of the molecule is Cn1c(-c2cn(-c3ccc([N+](=O)[O-])cn3)nc2C(F)(F)F)cnc1C(=O)Nc1ccc(C(=O)N2CCN(C(=O)C3(O)CCN(C(=O)OC(C)(C)C)CC3)CC2)c(Cl)c1. The van der Waals surface area contributed by atoms with Crippen LogP contribution in [0.25, 0.3) is 17.1 Å². The van der Waals surface area contributed by atoms with Crippen LogP contribution in [0.5, 0.6) is 0 Å². The van der Waals surface area contributed by atoms with Crippen molar-refractivity contribution in [2.75, 3.05) is 44.6 Å². The molecule has 0 saturated carbocycles. The number of alkyl halides is 3. The highest BCUT2D eigenvalue weighted by Crippen LogP contribution is 2.37. The van der Waals surface area contributed by atoms with Crippen LogP contribution in [0.3, 0.4) is 0 Å². The first-order valence-electron chi connectivity index (χ1n) is 17.8. The minimum atomic E-state index is -4.93. The summed E-state index contributed by atoms with van der Waals surface area (Å²) in [5.74, 6) is -2.11. The first-order valence-corrected chi connectivity index (χ1v) is 18.2. The number of amides is 4. The fraction of sp³-hybridized carbons (Fsp3) is 0.417. The molecule has 2 fully saturated rings. The Kier molecular flexibility index (Phi) is 11.2. The van der Waals surface area contributed by atoms with Crippen LogP contribution >= 0.6 is 11.6 Å². The summed E-state index contributed by atoms with van der Waals surface area (Å²) < 4.78 is 49.6. The third-order valence-corrected chi connectivity index (χ3v) is 9.89. The van der Waals surface area contributed by atoms with E-state index < -0.39 is 57.4 Å². The molecule has 18 nitrogen and oxygen atoms in total. The Balaban J connectivity index is 1.07. The second-order valence-electron chi connectivity index (χ2n) is 14.7. The molecule has 308 valence electrons. The van der Waals surface area contributed by atoms with Gasteiger partial charge in [-0.25, -0.2) is 19.4 Å². The maximum absolute atomic E-state index is 14.1. The van der Waals surface area contributed by atoms with Crippen LogP contribution in [-0.4, -0.2) is 123 Å². The number of piperidine rings is 1. The zero-order valence-corrected chi connectivity index (χ0v) is 32.4. The molecule has 3 aromatic heterocycles. The van der Waals surface area contributed by atoms with E-state index in [-0.39, 0.29) is 91.4 Å². The van der Waals surface area contributed by atoms with Gasteiger partial charge in [-0.3, -0.25) is 24.5 Å². The molecule has 2 N–H and O–H groups in total. The van der Waals surface area contributed by atoms with Crippen LogP contribution in [0.2, 0.25) is 5.02 Å². The highest BCUT2D eigenvalue weighted by Gasteiger charge is 2.44. The Morgan fingerprint density at radius 1 is 0.948 bits per heavy atom. The second-order valence-corrected chi connectivity index (χ2v) is 15.1. The summed E-state index contributed by atoms with van der Waals surface area (Å²) in [7, 11) is 1.33. The minimum Gasteiger partial charge on any atom is -0.444 e. The molecule has 2 aliphatic heterocycles. The number of rotatable bonds is 7. The number of likely N-dealkylation sites (tertiary alicyclic amines) is 1. The number of nitrogens with one attached hydrogen (secondary N) is 1. The second kappa shape index (κ2) is 15.7. The summed E-state index contributed by atoms with van der Waals surface area (Å²) in [5.41, 5.74) is -4.29. The highest BCUT2D eigenvalue weighted by atomic mass is 35.5. The first-order chi connectivity index (χ1) is 27.1. The molecule has 4 amide bonds. The maximum Gasteiger partial charge on any atom is 0.435 e. The first kappa shape index (κ1) is 41.5. The Morgan fingerprint density at radius 3 is 2.17 bits per heavy atom. The highest BCUT2D eigenvalue weighted by molar-refractivity contribution is 6.34. The van der Waals surface area contributed by atoms with Crippen molar-refractivity contribution in [1.29, 1.82) is 0 Å². The average molecular weight is 831 g/mol. The van der Waals surface area contributed by atoms with Crippen molar-refractivity contribution >= 4 is 46.8 Å². The van der Waals surface area contributed by atoms with E-state index in [0.29, 0.717) is 0 Å². The van der Waals surface area contributed by atoms with Gasteiger partial charge in [0.05, 0.1) is 33.0 Å². The van der Waals surface area contributed by atoms with Crippen molar-refractivity contribution in [2.24, 2.45) is 7.05 Å². The Bertz CT molecular complexity index is 2260. The average Bonchev–Trinajstić information content (AvgIpc) is 3.78. The number of aromatic nitrogens is 5. The predicted octanol–water partition coefficient (Wildman–Crippen LogP) is 4.55. The molecule has 58 heavy (non-hydrogen) atoms. The zero-order chi connectivity index (χ0) is 42.3. The number of nitro groups is 1. The van der Waals surface area contributed by atoms with E-state index >= 15 is 0 Å². The molecule has 0 radical (unpaired) electrons. The lowest BCUT2D eigenvalue weighted by Crippen LogP contribution is -2.59. The number of carbonyl (C=O) groups is 4. The number of hydrogen-bond donors (Lipinski definition) is 2. The van der Waals surface area contributed by atoms with Crippen molar-refractivity contribution in [1.82, 2.24) is 39.0 Å². The standard InChI is InChI=1S/C36H38ClF3N10O8/c1-34(2,3)58-33(54)48-11-9-35(55,10-12-48)32(53)47-15-13-46(14-16-47)31(52)23-7-5-21(17-25(23)37)43-30(51)29-42-19-26(45(29)4)24-20-49(44-28(24)36(38,39)40)27-8-6-22(18-41-27)50(56)57/h5-8,17-20,55H,9-16H2,1-4H3,(H,43,51). The number of piperazine rings is 1. The van der Waals surface area contributed by atoms with Crippen molar-refractivity contribution in [3.63, 3.8) is 0 Å². The van der Waals surface area contributed by atoms with E-state index in [2.05, 4.69) is 20.4 Å². The number of nitrogens with zero attached hydrogens (tertiary/aromatic N) is 9. The van der Waals surface area contributed by atoms with Crippen LogP contribution in [0.4, 0.5) is 29.3 Å². The number of hydrogen-bond acceptors (Lipinski definition) is 11. The molecule has 4 aromatic rings. The van der Waals surface area contributed by atoms with Crippen LogP contribution in [-0.2, 0) is 22.8 Å². The van der Waals surface area contributed by atoms with Gasteiger partial charge in [-0.1, -0.05) is 11.6 Å². The molecule has 0 spiro atoms. The van der Waals surface area contributed by atoms with Crippen molar-refractivity contribution in [3.8, 4) is 17.1 Å². The number of benzene rings is 1. The molecule has 0 unspecified atom stereocenters. The largest absolute Gasteiger partial charge is 0.444 e. The van der Waals surface area contributed by atoms with Gasteiger partial charge < -0.3 is 34.4 Å². The van der Waals surface area contributed by atoms with Gasteiger partial charge in [0, 0.05) is 77.1 Å². The molecule has 1 aromatic carbocycles. The quantitative estimate of drug-likeness (QED) is 0.195. The molecule has 6 rings (SSSR count). The summed E-state index contributed by atoms with van der Waals surface area (Å²) >= 11 is 6.49. The van der Waals surface area contributed by atoms with E-state index in [4.69, 9.17) is 16.3 Å². The summed E-state index contributed by atoms with van der Waals surface area (Å²) in [6.07, 6.45) is -2.40. The van der Waals surface area contributed by atoms with Gasteiger partial charge in [0.15, 0.2) is 17.3 Å². The molecule has 5 heterocycles. The Labute approximate surface area is 333 Å². The van der Waals surface area contributed by atoms with E-state index in [9.17, 15) is 47.6 Å². The molecule has 0 bridgehead atoms. The molecule has 2 aliphatic rings. The molecule has 0 aliphatic carbocycles. The maximum atomic E-state index is 14.1. The lowest BCUT2D eigenvalue weighted by Gasteiger charge is -2.42. The van der Waals surface area contributed by atoms with Gasteiger partial charge in [0.25, 0.3) is 23.4 Å². The van der Waals surface area contributed by atoms with E-state index in [0.717, 1.165) is 40.0 Å². The Hall–Kier alpha value is -6.09. The lowest BCUT2D eigenvalue weighted by atomic mass is 9.89. The summed E-state index contributed by atoms with van der Waals surface area (Å²) in [4.78, 5) is 75.1. The number of carbonyl (C=O) groups excluding carboxylic acids is 4. The van der Waals surface area contributed by atoms with Crippen LogP contribution in [0, 0.1) is 10.1 Å².